The molecule has 0 aromatic carbocycles. The molecule has 0 saturated heterocycles. The van der Waals surface area contributed by atoms with Gasteiger partial charge >= 0.3 is 0 Å². The molecule has 90 valence electrons. The third-order valence-corrected chi connectivity index (χ3v) is 2.07. The molecule has 0 aliphatic rings. The first kappa shape index (κ1) is 12.5. The molecule has 0 fully saturated rings. The van der Waals surface area contributed by atoms with Gasteiger partial charge in [-0.1, -0.05) is 0 Å². The first-order chi connectivity index (χ1) is 7.41. The zero-order valence-electron chi connectivity index (χ0n) is 10.1. The number of aromatic nitrogens is 2. The second kappa shape index (κ2) is 4.98. The lowest BCUT2D eigenvalue weighted by Crippen LogP contribution is -2.22. The first-order valence-corrected chi connectivity index (χ1v) is 5.12. The third-order valence-electron chi connectivity index (χ3n) is 2.07. The summed E-state index contributed by atoms with van der Waals surface area (Å²) in [7, 11) is 1.72. The van der Waals surface area contributed by atoms with Crippen LogP contribution < -0.4 is 11.1 Å². The molecule has 0 unspecified atom stereocenters. The van der Waals surface area contributed by atoms with E-state index in [-0.39, 0.29) is 18.6 Å². The van der Waals surface area contributed by atoms with E-state index in [2.05, 4.69) is 10.4 Å². The van der Waals surface area contributed by atoms with Crippen LogP contribution in [0, 0.1) is 6.92 Å². The van der Waals surface area contributed by atoms with Crippen molar-refractivity contribution >= 4 is 17.4 Å². The number of rotatable bonds is 4. The largest absolute Gasteiger partial charge is 0.394 e. The maximum atomic E-state index is 11.5. The highest BCUT2D eigenvalue weighted by Gasteiger charge is 2.13. The number of aryl methyl sites for hydroxylation is 2. The number of nitrogens with two attached hydrogens (primary N) is 1. The second-order valence-electron chi connectivity index (χ2n) is 3.88. The highest BCUT2D eigenvalue weighted by molar-refractivity contribution is 5.93. The molecule has 0 aliphatic carbocycles. The van der Waals surface area contributed by atoms with Gasteiger partial charge in [-0.15, -0.1) is 0 Å². The van der Waals surface area contributed by atoms with Gasteiger partial charge in [0.15, 0.2) is 5.82 Å². The van der Waals surface area contributed by atoms with Crippen LogP contribution in [-0.2, 0) is 16.6 Å². The van der Waals surface area contributed by atoms with Crippen molar-refractivity contribution in [3.05, 3.63) is 5.69 Å². The number of hydrogen-bond acceptors (Lipinski definition) is 4. The molecule has 3 N–H and O–H groups in total. The van der Waals surface area contributed by atoms with Gasteiger partial charge in [0, 0.05) is 7.05 Å². The van der Waals surface area contributed by atoms with E-state index in [1.807, 2.05) is 13.8 Å². The Kier molecular flexibility index (Phi) is 3.89. The molecule has 6 nitrogen and oxygen atoms in total. The van der Waals surface area contributed by atoms with Crippen molar-refractivity contribution < 1.29 is 9.53 Å². The fourth-order valence-corrected chi connectivity index (χ4v) is 1.23. The predicted molar refractivity (Wildman–Crippen MR) is 62.1 cm³/mol. The van der Waals surface area contributed by atoms with Crippen molar-refractivity contribution in [3.63, 3.8) is 0 Å². The number of nitrogen functional groups attached to an aromatic ring is 1. The number of nitrogens with zero attached hydrogens (tertiary/aromatic N) is 2. The molecular weight excluding hydrogens is 208 g/mol. The molecule has 0 radical (unpaired) electrons. The number of anilines is 2. The van der Waals surface area contributed by atoms with Crippen LogP contribution in [0.15, 0.2) is 0 Å². The lowest BCUT2D eigenvalue weighted by Gasteiger charge is -2.09. The van der Waals surface area contributed by atoms with E-state index in [4.69, 9.17) is 10.5 Å². The molecule has 0 aliphatic heterocycles. The molecule has 0 spiro atoms. The van der Waals surface area contributed by atoms with E-state index < -0.39 is 0 Å². The van der Waals surface area contributed by atoms with Crippen molar-refractivity contribution in [1.82, 2.24) is 9.78 Å². The molecule has 6 heteroatoms. The molecule has 1 rings (SSSR count). The van der Waals surface area contributed by atoms with Gasteiger partial charge in [0.1, 0.15) is 6.61 Å². The maximum Gasteiger partial charge on any atom is 0.251 e. The van der Waals surface area contributed by atoms with Crippen LogP contribution in [0.25, 0.3) is 0 Å². The fourth-order valence-electron chi connectivity index (χ4n) is 1.23. The van der Waals surface area contributed by atoms with E-state index in [0.717, 1.165) is 0 Å². The van der Waals surface area contributed by atoms with Crippen molar-refractivity contribution in [3.8, 4) is 0 Å². The Morgan fingerprint density at radius 3 is 2.69 bits per heavy atom. The van der Waals surface area contributed by atoms with Crippen molar-refractivity contribution in [2.24, 2.45) is 7.05 Å². The average Bonchev–Trinajstić information content (AvgIpc) is 2.42. The number of ether oxygens (including phenoxy) is 1. The van der Waals surface area contributed by atoms with Gasteiger partial charge < -0.3 is 15.8 Å². The summed E-state index contributed by atoms with van der Waals surface area (Å²) in [6.45, 7) is 5.54. The Bertz CT molecular complexity index is 384. The summed E-state index contributed by atoms with van der Waals surface area (Å²) in [6, 6.07) is 0. The van der Waals surface area contributed by atoms with Gasteiger partial charge in [0.25, 0.3) is 5.91 Å². The molecule has 0 saturated carbocycles. The van der Waals surface area contributed by atoms with E-state index >= 15 is 0 Å². The van der Waals surface area contributed by atoms with Crippen LogP contribution >= 0.6 is 0 Å². The maximum absolute atomic E-state index is 11.5. The van der Waals surface area contributed by atoms with Crippen LogP contribution in [0.2, 0.25) is 0 Å². The number of hydrogen-bond donors (Lipinski definition) is 2. The average molecular weight is 226 g/mol. The summed E-state index contributed by atoms with van der Waals surface area (Å²) in [5.41, 5.74) is 6.95. The Morgan fingerprint density at radius 2 is 2.25 bits per heavy atom. The van der Waals surface area contributed by atoms with Crippen LogP contribution in [-0.4, -0.2) is 28.4 Å². The fraction of sp³-hybridized carbons (Fsp3) is 0.600. The predicted octanol–water partition coefficient (Wildman–Crippen LogP) is 0.674. The van der Waals surface area contributed by atoms with Crippen LogP contribution in [0.4, 0.5) is 11.5 Å². The summed E-state index contributed by atoms with van der Waals surface area (Å²) in [5, 5.41) is 6.76. The molecule has 1 amide bonds. The number of carbonyl (C=O) groups excluding carboxylic acids is 1. The Balaban J connectivity index is 2.63. The molecular formula is C10H18N4O2. The highest BCUT2D eigenvalue weighted by Crippen LogP contribution is 2.20. The van der Waals surface area contributed by atoms with Gasteiger partial charge in [-0.25, -0.2) is 0 Å². The normalized spacial score (nSPS) is 10.8. The van der Waals surface area contributed by atoms with Crippen LogP contribution in [0.5, 0.6) is 0 Å². The van der Waals surface area contributed by atoms with Crippen molar-refractivity contribution in [2.75, 3.05) is 17.7 Å². The number of amides is 1. The lowest BCUT2D eigenvalue weighted by atomic mass is 10.4. The summed E-state index contributed by atoms with van der Waals surface area (Å²) in [6.07, 6.45) is 0.0244. The summed E-state index contributed by atoms with van der Waals surface area (Å²) < 4.78 is 6.72. The standard InChI is InChI=1S/C10H18N4O2/c1-6(2)16-5-8(15)12-10-9(11)7(3)13-14(10)4/h6H,5,11H2,1-4H3,(H,12,15). The van der Waals surface area contributed by atoms with E-state index in [1.54, 1.807) is 14.0 Å². The Hall–Kier alpha value is -1.56. The van der Waals surface area contributed by atoms with Gasteiger partial charge in [-0.3, -0.25) is 9.48 Å². The van der Waals surface area contributed by atoms with E-state index in [1.165, 1.54) is 4.68 Å². The lowest BCUT2D eigenvalue weighted by molar-refractivity contribution is -0.122. The number of nitrogens with one attached hydrogen (secondary N) is 1. The molecule has 1 aromatic heterocycles. The van der Waals surface area contributed by atoms with Gasteiger partial charge in [0.05, 0.1) is 17.5 Å². The molecule has 16 heavy (non-hydrogen) atoms. The van der Waals surface area contributed by atoms with Gasteiger partial charge in [-0.05, 0) is 20.8 Å². The van der Waals surface area contributed by atoms with Crippen LogP contribution in [0.3, 0.4) is 0 Å². The number of carbonyl (C=O) groups is 1. The topological polar surface area (TPSA) is 82.2 Å². The SMILES string of the molecule is Cc1nn(C)c(NC(=O)COC(C)C)c1N. The molecule has 0 bridgehead atoms. The minimum atomic E-state index is -0.233. The smallest absolute Gasteiger partial charge is 0.251 e. The van der Waals surface area contributed by atoms with Crippen molar-refractivity contribution in [2.45, 2.75) is 26.9 Å². The Morgan fingerprint density at radius 1 is 1.62 bits per heavy atom. The zero-order valence-corrected chi connectivity index (χ0v) is 10.1. The monoisotopic (exact) mass is 226 g/mol. The van der Waals surface area contributed by atoms with Crippen molar-refractivity contribution in [1.29, 1.82) is 0 Å². The summed E-state index contributed by atoms with van der Waals surface area (Å²) >= 11 is 0. The molecule has 1 aromatic rings. The highest BCUT2D eigenvalue weighted by atomic mass is 16.5. The van der Waals surface area contributed by atoms with Crippen LogP contribution in [0.1, 0.15) is 19.5 Å². The summed E-state index contributed by atoms with van der Waals surface area (Å²) in [4.78, 5) is 11.5. The minimum Gasteiger partial charge on any atom is -0.394 e. The summed E-state index contributed by atoms with van der Waals surface area (Å²) in [5.74, 6) is 0.276. The zero-order chi connectivity index (χ0) is 12.3. The molecule has 1 heterocycles. The Labute approximate surface area is 94.8 Å². The first-order valence-electron chi connectivity index (χ1n) is 5.12. The minimum absolute atomic E-state index is 0.0152. The van der Waals surface area contributed by atoms with Gasteiger partial charge in [-0.2, -0.15) is 5.10 Å². The molecule has 0 atom stereocenters. The van der Waals surface area contributed by atoms with E-state index in [0.29, 0.717) is 17.2 Å². The quantitative estimate of drug-likeness (QED) is 0.790. The van der Waals surface area contributed by atoms with E-state index in [9.17, 15) is 4.79 Å². The van der Waals surface area contributed by atoms with Gasteiger partial charge in [0.2, 0.25) is 0 Å². The second-order valence-corrected chi connectivity index (χ2v) is 3.88. The third kappa shape index (κ3) is 2.96.